The average molecular weight is 204 g/mol. The monoisotopic (exact) mass is 204 g/mol. The molecule has 0 bridgehead atoms. The van der Waals surface area contributed by atoms with Crippen LogP contribution in [0.25, 0.3) is 0 Å². The van der Waals surface area contributed by atoms with Crippen LogP contribution >= 0.6 is 0 Å². The van der Waals surface area contributed by atoms with Crippen LogP contribution in [0.3, 0.4) is 0 Å². The summed E-state index contributed by atoms with van der Waals surface area (Å²) in [5.41, 5.74) is 1.08. The Morgan fingerprint density at radius 3 is 2.60 bits per heavy atom. The summed E-state index contributed by atoms with van der Waals surface area (Å²) >= 11 is 0. The van der Waals surface area contributed by atoms with Crippen LogP contribution in [0.15, 0.2) is 30.3 Å². The van der Waals surface area contributed by atoms with Crippen molar-refractivity contribution < 1.29 is 5.11 Å². The minimum atomic E-state index is -0.394. The van der Waals surface area contributed by atoms with Crippen molar-refractivity contribution in [3.05, 3.63) is 35.9 Å². The molecule has 3 nitrogen and oxygen atoms in total. The van der Waals surface area contributed by atoms with Crippen molar-refractivity contribution in [1.82, 2.24) is 5.32 Å². The van der Waals surface area contributed by atoms with Crippen LogP contribution in [0.1, 0.15) is 24.9 Å². The maximum atomic E-state index is 9.17. The lowest BCUT2D eigenvalue weighted by atomic mass is 10.0. The Morgan fingerprint density at radius 2 is 2.07 bits per heavy atom. The normalized spacial score (nSPS) is 14.2. The molecule has 0 aliphatic heterocycles. The van der Waals surface area contributed by atoms with Crippen LogP contribution in [0.4, 0.5) is 0 Å². The molecule has 0 radical (unpaired) electrons. The van der Waals surface area contributed by atoms with E-state index < -0.39 is 6.10 Å². The molecule has 0 aromatic heterocycles. The molecule has 15 heavy (non-hydrogen) atoms. The predicted octanol–water partition coefficient (Wildman–Crippen LogP) is 1.61. The molecule has 0 fully saturated rings. The summed E-state index contributed by atoms with van der Waals surface area (Å²) in [6, 6.07) is 12.0. The minimum absolute atomic E-state index is 0.00537. The van der Waals surface area contributed by atoms with Crippen molar-refractivity contribution >= 4 is 0 Å². The van der Waals surface area contributed by atoms with Crippen molar-refractivity contribution in [2.45, 2.75) is 25.5 Å². The SMILES string of the molecule is CC(O)CNC(CC#N)c1ccccc1. The highest BCUT2D eigenvalue weighted by Gasteiger charge is 2.10. The Hall–Kier alpha value is -1.37. The van der Waals surface area contributed by atoms with E-state index in [1.54, 1.807) is 6.92 Å². The Labute approximate surface area is 90.4 Å². The Kier molecular flexibility index (Phi) is 4.82. The van der Waals surface area contributed by atoms with Crippen molar-refractivity contribution in [3.63, 3.8) is 0 Å². The quantitative estimate of drug-likeness (QED) is 0.766. The van der Waals surface area contributed by atoms with Crippen LogP contribution in [0, 0.1) is 11.3 Å². The van der Waals surface area contributed by atoms with E-state index in [1.165, 1.54) is 0 Å². The highest BCUT2D eigenvalue weighted by atomic mass is 16.3. The van der Waals surface area contributed by atoms with Gasteiger partial charge in [-0.1, -0.05) is 30.3 Å². The van der Waals surface area contributed by atoms with Gasteiger partial charge in [0.25, 0.3) is 0 Å². The summed E-state index contributed by atoms with van der Waals surface area (Å²) in [5, 5.41) is 21.0. The second-order valence-corrected chi connectivity index (χ2v) is 3.58. The Balaban J connectivity index is 2.62. The zero-order valence-corrected chi connectivity index (χ0v) is 8.85. The van der Waals surface area contributed by atoms with Gasteiger partial charge >= 0.3 is 0 Å². The number of nitrogens with zero attached hydrogens (tertiary/aromatic N) is 1. The van der Waals surface area contributed by atoms with Gasteiger partial charge in [0, 0.05) is 12.6 Å². The zero-order chi connectivity index (χ0) is 11.1. The number of hydrogen-bond donors (Lipinski definition) is 2. The highest BCUT2D eigenvalue weighted by Crippen LogP contribution is 2.15. The van der Waals surface area contributed by atoms with Gasteiger partial charge in [0.1, 0.15) is 0 Å². The van der Waals surface area contributed by atoms with Gasteiger partial charge in [0.05, 0.1) is 18.6 Å². The molecule has 0 aliphatic carbocycles. The lowest BCUT2D eigenvalue weighted by Gasteiger charge is -2.17. The first-order valence-electron chi connectivity index (χ1n) is 5.07. The van der Waals surface area contributed by atoms with Crippen LogP contribution in [0.5, 0.6) is 0 Å². The second kappa shape index (κ2) is 6.18. The fraction of sp³-hybridized carbons (Fsp3) is 0.417. The van der Waals surface area contributed by atoms with Gasteiger partial charge in [-0.3, -0.25) is 0 Å². The molecular formula is C12H16N2O. The molecular weight excluding hydrogens is 188 g/mol. The fourth-order valence-corrected chi connectivity index (χ4v) is 1.40. The van der Waals surface area contributed by atoms with Gasteiger partial charge in [-0.05, 0) is 12.5 Å². The van der Waals surface area contributed by atoms with E-state index in [2.05, 4.69) is 11.4 Å². The maximum absolute atomic E-state index is 9.17. The molecule has 2 atom stereocenters. The number of hydrogen-bond acceptors (Lipinski definition) is 3. The molecule has 0 heterocycles. The number of nitriles is 1. The summed E-state index contributed by atoms with van der Waals surface area (Å²) in [6.07, 6.45) is 0.0198. The molecule has 1 aromatic rings. The number of aliphatic hydroxyl groups excluding tert-OH is 1. The van der Waals surface area contributed by atoms with Crippen LogP contribution < -0.4 is 5.32 Å². The first-order valence-corrected chi connectivity index (χ1v) is 5.07. The van der Waals surface area contributed by atoms with Gasteiger partial charge in [-0.15, -0.1) is 0 Å². The Bertz CT molecular complexity index is 316. The lowest BCUT2D eigenvalue weighted by molar-refractivity contribution is 0.186. The van der Waals surface area contributed by atoms with Crippen LogP contribution in [-0.4, -0.2) is 17.8 Å². The van der Waals surface area contributed by atoms with Crippen LogP contribution in [-0.2, 0) is 0 Å². The maximum Gasteiger partial charge on any atom is 0.0641 e. The topological polar surface area (TPSA) is 56.0 Å². The van der Waals surface area contributed by atoms with E-state index in [1.807, 2.05) is 30.3 Å². The van der Waals surface area contributed by atoms with E-state index in [4.69, 9.17) is 5.26 Å². The molecule has 1 aromatic carbocycles. The molecule has 80 valence electrons. The van der Waals surface area contributed by atoms with E-state index in [0.717, 1.165) is 5.56 Å². The smallest absolute Gasteiger partial charge is 0.0641 e. The minimum Gasteiger partial charge on any atom is -0.392 e. The highest BCUT2D eigenvalue weighted by molar-refractivity contribution is 5.19. The average Bonchev–Trinajstić information content (AvgIpc) is 2.25. The molecule has 0 aliphatic rings. The molecule has 0 saturated heterocycles. The number of nitrogens with one attached hydrogen (secondary N) is 1. The molecule has 3 heteroatoms. The van der Waals surface area contributed by atoms with Gasteiger partial charge in [0.15, 0.2) is 0 Å². The summed E-state index contributed by atoms with van der Waals surface area (Å²) in [4.78, 5) is 0. The zero-order valence-electron chi connectivity index (χ0n) is 8.85. The van der Waals surface area contributed by atoms with Gasteiger partial charge < -0.3 is 10.4 Å². The summed E-state index contributed by atoms with van der Waals surface area (Å²) < 4.78 is 0. The van der Waals surface area contributed by atoms with Gasteiger partial charge in [0.2, 0.25) is 0 Å². The second-order valence-electron chi connectivity index (χ2n) is 3.58. The first-order chi connectivity index (χ1) is 7.24. The number of rotatable bonds is 5. The van der Waals surface area contributed by atoms with E-state index in [9.17, 15) is 5.11 Å². The first kappa shape index (κ1) is 11.7. The molecule has 2 unspecified atom stereocenters. The largest absolute Gasteiger partial charge is 0.392 e. The standard InChI is InChI=1S/C12H16N2O/c1-10(15)9-14-12(7-8-13)11-5-3-2-4-6-11/h2-6,10,12,14-15H,7,9H2,1H3. The fourth-order valence-electron chi connectivity index (χ4n) is 1.40. The number of aliphatic hydroxyl groups is 1. The third-order valence-corrected chi connectivity index (χ3v) is 2.16. The summed E-state index contributed by atoms with van der Waals surface area (Å²) in [6.45, 7) is 2.22. The van der Waals surface area contributed by atoms with E-state index in [-0.39, 0.29) is 6.04 Å². The molecule has 0 amide bonds. The van der Waals surface area contributed by atoms with Crippen molar-refractivity contribution in [1.29, 1.82) is 5.26 Å². The molecule has 0 spiro atoms. The molecule has 2 N–H and O–H groups in total. The molecule has 1 rings (SSSR count). The predicted molar refractivity (Wildman–Crippen MR) is 59.1 cm³/mol. The number of benzene rings is 1. The van der Waals surface area contributed by atoms with E-state index >= 15 is 0 Å². The van der Waals surface area contributed by atoms with Crippen molar-refractivity contribution in [3.8, 4) is 6.07 Å². The summed E-state index contributed by atoms with van der Waals surface area (Å²) in [7, 11) is 0. The van der Waals surface area contributed by atoms with Crippen molar-refractivity contribution in [2.75, 3.05) is 6.54 Å². The summed E-state index contributed by atoms with van der Waals surface area (Å²) in [5.74, 6) is 0. The van der Waals surface area contributed by atoms with Gasteiger partial charge in [-0.2, -0.15) is 5.26 Å². The lowest BCUT2D eigenvalue weighted by Crippen LogP contribution is -2.28. The van der Waals surface area contributed by atoms with E-state index in [0.29, 0.717) is 13.0 Å². The Morgan fingerprint density at radius 1 is 1.40 bits per heavy atom. The van der Waals surface area contributed by atoms with Crippen molar-refractivity contribution in [2.24, 2.45) is 0 Å². The third kappa shape index (κ3) is 4.11. The van der Waals surface area contributed by atoms with Gasteiger partial charge in [-0.25, -0.2) is 0 Å². The molecule has 0 saturated carbocycles. The third-order valence-electron chi connectivity index (χ3n) is 2.16. The van der Waals surface area contributed by atoms with Crippen LogP contribution in [0.2, 0.25) is 0 Å².